The van der Waals surface area contributed by atoms with E-state index in [9.17, 15) is 4.79 Å². The summed E-state index contributed by atoms with van der Waals surface area (Å²) in [6.07, 6.45) is 0. The zero-order chi connectivity index (χ0) is 15.2. The minimum Gasteiger partial charge on any atom is -0.428 e. The van der Waals surface area contributed by atoms with Gasteiger partial charge in [0.25, 0.3) is 6.47 Å². The maximum absolute atomic E-state index is 10.8. The first kappa shape index (κ1) is 14.5. The van der Waals surface area contributed by atoms with E-state index >= 15 is 0 Å². The fraction of sp³-hybridized carbons (Fsp3) is 0. The molecule has 0 fully saturated rings. The van der Waals surface area contributed by atoms with Crippen LogP contribution in [0.3, 0.4) is 0 Å². The molecule has 0 saturated heterocycles. The minimum atomic E-state index is -0.762. The third kappa shape index (κ3) is 3.08. The van der Waals surface area contributed by atoms with Gasteiger partial charge >= 0.3 is 0 Å². The van der Waals surface area contributed by atoms with Crippen molar-refractivity contribution in [2.75, 3.05) is 0 Å². The van der Waals surface area contributed by atoms with E-state index in [1.807, 2.05) is 60.7 Å². The quantitative estimate of drug-likeness (QED) is 0.535. The Bertz CT molecular complexity index is 702. The number of rotatable bonds is 5. The van der Waals surface area contributed by atoms with Crippen molar-refractivity contribution < 1.29 is 9.53 Å². The topological polar surface area (TPSA) is 26.3 Å². The smallest absolute Gasteiger partial charge is 0.298 e. The lowest BCUT2D eigenvalue weighted by molar-refractivity contribution is -0.120. The zero-order valence-electron chi connectivity index (χ0n) is 11.9. The van der Waals surface area contributed by atoms with Gasteiger partial charge in [-0.2, -0.15) is 0 Å². The van der Waals surface area contributed by atoms with E-state index in [0.717, 1.165) is 5.30 Å². The molecular weight excluding hydrogens is 291 g/mol. The SMILES string of the molecule is O=COc1ccccc1P(c1ccccc1)c1ccccc1. The molecule has 2 nitrogen and oxygen atoms in total. The summed E-state index contributed by atoms with van der Waals surface area (Å²) in [7, 11) is -0.762. The van der Waals surface area contributed by atoms with Crippen LogP contribution < -0.4 is 20.7 Å². The highest BCUT2D eigenvalue weighted by Gasteiger charge is 2.19. The van der Waals surface area contributed by atoms with Gasteiger partial charge in [-0.05, 0) is 24.6 Å². The molecule has 22 heavy (non-hydrogen) atoms. The van der Waals surface area contributed by atoms with Crippen LogP contribution in [0.25, 0.3) is 0 Å². The van der Waals surface area contributed by atoms with Crippen molar-refractivity contribution >= 4 is 30.3 Å². The first-order valence-electron chi connectivity index (χ1n) is 7.00. The van der Waals surface area contributed by atoms with E-state index in [2.05, 4.69) is 24.3 Å². The van der Waals surface area contributed by atoms with Crippen LogP contribution in [0, 0.1) is 0 Å². The van der Waals surface area contributed by atoms with E-state index in [1.54, 1.807) is 0 Å². The molecule has 108 valence electrons. The molecule has 0 bridgehead atoms. The number of ether oxygens (including phenoxy) is 1. The summed E-state index contributed by atoms with van der Waals surface area (Å²) in [5.74, 6) is 0.622. The normalized spacial score (nSPS) is 10.4. The van der Waals surface area contributed by atoms with E-state index in [1.165, 1.54) is 10.6 Å². The van der Waals surface area contributed by atoms with Crippen LogP contribution >= 0.6 is 7.92 Å². The van der Waals surface area contributed by atoms with Gasteiger partial charge in [-0.15, -0.1) is 0 Å². The van der Waals surface area contributed by atoms with Gasteiger partial charge in [0, 0.05) is 5.30 Å². The first-order valence-corrected chi connectivity index (χ1v) is 8.34. The lowest BCUT2D eigenvalue weighted by Crippen LogP contribution is -2.22. The molecule has 0 N–H and O–H groups in total. The van der Waals surface area contributed by atoms with E-state index in [4.69, 9.17) is 4.74 Å². The molecule has 3 heteroatoms. The molecule has 0 spiro atoms. The number of carbonyl (C=O) groups is 1. The predicted octanol–water partition coefficient (Wildman–Crippen LogP) is 2.98. The number of hydrogen-bond donors (Lipinski definition) is 0. The maximum Gasteiger partial charge on any atom is 0.298 e. The number of benzene rings is 3. The Morgan fingerprint density at radius 3 is 1.73 bits per heavy atom. The van der Waals surface area contributed by atoms with Crippen molar-refractivity contribution in [2.45, 2.75) is 0 Å². The molecule has 0 aliphatic rings. The highest BCUT2D eigenvalue weighted by atomic mass is 31.1. The molecule has 3 rings (SSSR count). The van der Waals surface area contributed by atoms with E-state index < -0.39 is 7.92 Å². The zero-order valence-corrected chi connectivity index (χ0v) is 12.8. The molecule has 0 aliphatic heterocycles. The molecule has 0 amide bonds. The van der Waals surface area contributed by atoms with Crippen LogP contribution in [0.1, 0.15) is 0 Å². The maximum atomic E-state index is 10.8. The Balaban J connectivity index is 2.17. The van der Waals surface area contributed by atoms with Crippen LogP contribution in [0.5, 0.6) is 5.75 Å². The van der Waals surface area contributed by atoms with Gasteiger partial charge in [-0.25, -0.2) is 0 Å². The second-order valence-corrected chi connectivity index (χ2v) is 6.87. The summed E-state index contributed by atoms with van der Waals surface area (Å²) in [4.78, 5) is 10.8. The molecule has 3 aromatic rings. The average Bonchev–Trinajstić information content (AvgIpc) is 2.59. The standard InChI is InChI=1S/C19H15O2P/c20-15-21-18-13-7-8-14-19(18)22(16-9-3-1-4-10-16)17-11-5-2-6-12-17/h1-15H. The van der Waals surface area contributed by atoms with Crippen molar-refractivity contribution in [3.8, 4) is 5.75 Å². The van der Waals surface area contributed by atoms with E-state index in [-0.39, 0.29) is 0 Å². The Hall–Kier alpha value is -2.44. The van der Waals surface area contributed by atoms with Crippen molar-refractivity contribution in [1.82, 2.24) is 0 Å². The van der Waals surface area contributed by atoms with Crippen LogP contribution in [0.2, 0.25) is 0 Å². The van der Waals surface area contributed by atoms with Gasteiger partial charge in [0.05, 0.1) is 0 Å². The Morgan fingerprint density at radius 2 is 1.18 bits per heavy atom. The van der Waals surface area contributed by atoms with Crippen molar-refractivity contribution in [2.24, 2.45) is 0 Å². The van der Waals surface area contributed by atoms with Crippen LogP contribution in [0.4, 0.5) is 0 Å². The average molecular weight is 306 g/mol. The van der Waals surface area contributed by atoms with Crippen molar-refractivity contribution in [3.05, 3.63) is 84.9 Å². The van der Waals surface area contributed by atoms with Gasteiger partial charge in [-0.1, -0.05) is 78.9 Å². The van der Waals surface area contributed by atoms with Crippen LogP contribution in [-0.4, -0.2) is 6.47 Å². The molecule has 0 unspecified atom stereocenters. The van der Waals surface area contributed by atoms with Gasteiger partial charge in [0.2, 0.25) is 0 Å². The Kier molecular flexibility index (Phi) is 4.62. The van der Waals surface area contributed by atoms with Crippen molar-refractivity contribution in [3.63, 3.8) is 0 Å². The summed E-state index contributed by atoms with van der Waals surface area (Å²) >= 11 is 0. The summed E-state index contributed by atoms with van der Waals surface area (Å²) in [6.45, 7) is 0.488. The fourth-order valence-corrected chi connectivity index (χ4v) is 4.75. The van der Waals surface area contributed by atoms with Gasteiger partial charge in [-0.3, -0.25) is 4.79 Å². The van der Waals surface area contributed by atoms with Gasteiger partial charge < -0.3 is 4.74 Å². The summed E-state index contributed by atoms with van der Waals surface area (Å²) in [5, 5.41) is 3.50. The Morgan fingerprint density at radius 1 is 0.682 bits per heavy atom. The highest BCUT2D eigenvalue weighted by Crippen LogP contribution is 2.36. The van der Waals surface area contributed by atoms with Crippen LogP contribution in [-0.2, 0) is 4.79 Å². The second kappa shape index (κ2) is 7.02. The molecule has 0 aliphatic carbocycles. The largest absolute Gasteiger partial charge is 0.428 e. The molecule has 0 atom stereocenters. The fourth-order valence-electron chi connectivity index (χ4n) is 2.37. The second-order valence-electron chi connectivity index (χ2n) is 4.69. The lowest BCUT2D eigenvalue weighted by Gasteiger charge is -2.20. The monoisotopic (exact) mass is 306 g/mol. The van der Waals surface area contributed by atoms with Crippen LogP contribution in [0.15, 0.2) is 84.9 Å². The minimum absolute atomic E-state index is 0.488. The molecule has 0 aromatic heterocycles. The third-order valence-electron chi connectivity index (χ3n) is 3.31. The first-order chi connectivity index (χ1) is 10.9. The number of hydrogen-bond acceptors (Lipinski definition) is 2. The molecular formula is C19H15O2P. The molecule has 0 radical (unpaired) electrons. The predicted molar refractivity (Wildman–Crippen MR) is 91.8 cm³/mol. The molecule has 0 heterocycles. The number of carbonyl (C=O) groups excluding carboxylic acids is 1. The van der Waals surface area contributed by atoms with Gasteiger partial charge in [0.15, 0.2) is 0 Å². The third-order valence-corrected chi connectivity index (χ3v) is 5.79. The summed E-state index contributed by atoms with van der Waals surface area (Å²) < 4.78 is 5.20. The Labute approximate surface area is 131 Å². The van der Waals surface area contributed by atoms with Crippen molar-refractivity contribution in [1.29, 1.82) is 0 Å². The highest BCUT2D eigenvalue weighted by molar-refractivity contribution is 7.80. The molecule has 3 aromatic carbocycles. The summed E-state index contributed by atoms with van der Waals surface area (Å²) in [5.41, 5.74) is 0. The summed E-state index contributed by atoms with van der Waals surface area (Å²) in [6, 6.07) is 28.4. The molecule has 0 saturated carbocycles. The lowest BCUT2D eigenvalue weighted by atomic mass is 10.3. The van der Waals surface area contributed by atoms with E-state index in [0.29, 0.717) is 12.2 Å². The van der Waals surface area contributed by atoms with Gasteiger partial charge in [0.1, 0.15) is 5.75 Å². The number of para-hydroxylation sites is 1.